The van der Waals surface area contributed by atoms with Gasteiger partial charge in [-0.1, -0.05) is 6.07 Å². The summed E-state index contributed by atoms with van der Waals surface area (Å²) in [4.78, 5) is 17.6. The minimum Gasteiger partial charge on any atom is -0.391 e. The highest BCUT2D eigenvalue weighted by Gasteiger charge is 2.26. The van der Waals surface area contributed by atoms with Gasteiger partial charge < -0.3 is 15.4 Å². The van der Waals surface area contributed by atoms with Gasteiger partial charge in [-0.2, -0.15) is 0 Å². The molecule has 1 aliphatic heterocycles. The van der Waals surface area contributed by atoms with Crippen LogP contribution in [0.3, 0.4) is 0 Å². The number of pyridine rings is 1. The lowest BCUT2D eigenvalue weighted by Gasteiger charge is -2.15. The fourth-order valence-corrected chi connectivity index (χ4v) is 1.72. The molecule has 6 nitrogen and oxygen atoms in total. The lowest BCUT2D eigenvalue weighted by atomic mass is 10.3. The molecular formula is C10H14N4O2. The Balaban J connectivity index is 2.14. The van der Waals surface area contributed by atoms with Crippen LogP contribution in [0.1, 0.15) is 16.9 Å². The summed E-state index contributed by atoms with van der Waals surface area (Å²) in [5.41, 5.74) is 2.73. The van der Waals surface area contributed by atoms with Gasteiger partial charge in [0.05, 0.1) is 6.10 Å². The van der Waals surface area contributed by atoms with Gasteiger partial charge in [-0.15, -0.1) is 0 Å². The van der Waals surface area contributed by atoms with Crippen molar-refractivity contribution in [2.45, 2.75) is 12.5 Å². The topological polar surface area (TPSA) is 91.5 Å². The van der Waals surface area contributed by atoms with Gasteiger partial charge in [-0.05, 0) is 18.6 Å². The number of β-amino-alcohol motifs (C(OH)–C–C–N with tert-alkyl or cyclic N) is 1. The number of hydrogen-bond acceptors (Lipinski definition) is 5. The van der Waals surface area contributed by atoms with Crippen LogP contribution in [-0.4, -0.2) is 40.1 Å². The molecule has 1 saturated heterocycles. The summed E-state index contributed by atoms with van der Waals surface area (Å²) in [6.45, 7) is 0.947. The second kappa shape index (κ2) is 4.46. The number of carbonyl (C=O) groups is 1. The van der Waals surface area contributed by atoms with Gasteiger partial charge in [0.2, 0.25) is 0 Å². The fraction of sp³-hybridized carbons (Fsp3) is 0.400. The van der Waals surface area contributed by atoms with Crippen LogP contribution in [0, 0.1) is 0 Å². The van der Waals surface area contributed by atoms with E-state index in [4.69, 9.17) is 5.84 Å². The monoisotopic (exact) mass is 222 g/mol. The first kappa shape index (κ1) is 10.8. The molecule has 0 bridgehead atoms. The van der Waals surface area contributed by atoms with E-state index in [1.165, 1.54) is 0 Å². The van der Waals surface area contributed by atoms with Crippen molar-refractivity contribution in [2.24, 2.45) is 5.84 Å². The van der Waals surface area contributed by atoms with Crippen LogP contribution in [-0.2, 0) is 0 Å². The SMILES string of the molecule is NNc1cccc(C(=O)N2CCC(O)C2)n1. The molecule has 2 rings (SSSR count). The summed E-state index contributed by atoms with van der Waals surface area (Å²) in [5, 5.41) is 9.35. The summed E-state index contributed by atoms with van der Waals surface area (Å²) in [6.07, 6.45) is 0.209. The van der Waals surface area contributed by atoms with Crippen LogP contribution in [0.4, 0.5) is 5.82 Å². The zero-order valence-electron chi connectivity index (χ0n) is 8.76. The van der Waals surface area contributed by atoms with E-state index in [-0.39, 0.29) is 5.91 Å². The van der Waals surface area contributed by atoms with Crippen molar-refractivity contribution in [3.8, 4) is 0 Å². The molecule has 4 N–H and O–H groups in total. The Bertz CT molecular complexity index is 396. The van der Waals surface area contributed by atoms with E-state index >= 15 is 0 Å². The Labute approximate surface area is 93.0 Å². The average Bonchev–Trinajstić information content (AvgIpc) is 2.75. The maximum atomic E-state index is 11.9. The number of aliphatic hydroxyl groups excluding tert-OH is 1. The minimum atomic E-state index is -0.417. The number of likely N-dealkylation sites (tertiary alicyclic amines) is 1. The number of hydrogen-bond donors (Lipinski definition) is 3. The summed E-state index contributed by atoms with van der Waals surface area (Å²) in [6, 6.07) is 5.02. The van der Waals surface area contributed by atoms with E-state index in [2.05, 4.69) is 10.4 Å². The fourth-order valence-electron chi connectivity index (χ4n) is 1.72. The molecule has 2 heterocycles. The smallest absolute Gasteiger partial charge is 0.272 e. The third-order valence-electron chi connectivity index (χ3n) is 2.57. The maximum Gasteiger partial charge on any atom is 0.272 e. The molecular weight excluding hydrogens is 208 g/mol. The molecule has 1 atom stereocenters. The summed E-state index contributed by atoms with van der Waals surface area (Å²) in [5.74, 6) is 5.49. The number of nitrogen functional groups attached to an aromatic ring is 1. The summed E-state index contributed by atoms with van der Waals surface area (Å²) in [7, 11) is 0. The van der Waals surface area contributed by atoms with Crippen molar-refractivity contribution in [1.82, 2.24) is 9.88 Å². The Morgan fingerprint density at radius 3 is 3.06 bits per heavy atom. The van der Waals surface area contributed by atoms with E-state index in [1.807, 2.05) is 0 Å². The molecule has 0 aromatic carbocycles. The first-order chi connectivity index (χ1) is 7.70. The van der Waals surface area contributed by atoms with Crippen molar-refractivity contribution in [2.75, 3.05) is 18.5 Å². The van der Waals surface area contributed by atoms with Crippen LogP contribution < -0.4 is 11.3 Å². The van der Waals surface area contributed by atoms with E-state index in [0.29, 0.717) is 31.0 Å². The van der Waals surface area contributed by atoms with Gasteiger partial charge in [0.1, 0.15) is 11.5 Å². The maximum absolute atomic E-state index is 11.9. The first-order valence-electron chi connectivity index (χ1n) is 5.11. The van der Waals surface area contributed by atoms with Crippen LogP contribution >= 0.6 is 0 Å². The zero-order valence-corrected chi connectivity index (χ0v) is 8.76. The number of carbonyl (C=O) groups excluding carboxylic acids is 1. The Kier molecular flexibility index (Phi) is 3.02. The average molecular weight is 222 g/mol. The highest BCUT2D eigenvalue weighted by atomic mass is 16.3. The number of nitrogens with zero attached hydrogens (tertiary/aromatic N) is 2. The number of aliphatic hydroxyl groups is 1. The molecule has 0 radical (unpaired) electrons. The van der Waals surface area contributed by atoms with Crippen LogP contribution in [0.25, 0.3) is 0 Å². The Hall–Kier alpha value is -1.66. The van der Waals surface area contributed by atoms with Crippen LogP contribution in [0.2, 0.25) is 0 Å². The van der Waals surface area contributed by atoms with E-state index in [0.717, 1.165) is 0 Å². The molecule has 1 unspecified atom stereocenters. The number of nitrogens with two attached hydrogens (primary N) is 1. The lowest BCUT2D eigenvalue weighted by Crippen LogP contribution is -2.30. The largest absolute Gasteiger partial charge is 0.391 e. The van der Waals surface area contributed by atoms with Crippen LogP contribution in [0.15, 0.2) is 18.2 Å². The molecule has 1 aromatic heterocycles. The molecule has 6 heteroatoms. The molecule has 1 amide bonds. The Morgan fingerprint density at radius 1 is 1.62 bits per heavy atom. The number of anilines is 1. The lowest BCUT2D eigenvalue weighted by molar-refractivity contribution is 0.0759. The van der Waals surface area contributed by atoms with Crippen LogP contribution in [0.5, 0.6) is 0 Å². The molecule has 0 saturated carbocycles. The predicted octanol–water partition coefficient (Wildman–Crippen LogP) is -0.426. The van der Waals surface area contributed by atoms with Crippen molar-refractivity contribution < 1.29 is 9.90 Å². The van der Waals surface area contributed by atoms with E-state index in [9.17, 15) is 9.90 Å². The second-order valence-corrected chi connectivity index (χ2v) is 3.75. The van der Waals surface area contributed by atoms with Crippen molar-refractivity contribution in [3.05, 3.63) is 23.9 Å². The van der Waals surface area contributed by atoms with Crippen molar-refractivity contribution in [1.29, 1.82) is 0 Å². The van der Waals surface area contributed by atoms with Gasteiger partial charge >= 0.3 is 0 Å². The molecule has 0 aliphatic carbocycles. The first-order valence-corrected chi connectivity index (χ1v) is 5.11. The molecule has 86 valence electrons. The molecule has 0 spiro atoms. The van der Waals surface area contributed by atoms with Gasteiger partial charge in [0.15, 0.2) is 0 Å². The Morgan fingerprint density at radius 2 is 2.44 bits per heavy atom. The quantitative estimate of drug-likeness (QED) is 0.466. The van der Waals surface area contributed by atoms with E-state index < -0.39 is 6.10 Å². The molecule has 1 aromatic rings. The molecule has 1 aliphatic rings. The summed E-state index contributed by atoms with van der Waals surface area (Å²) < 4.78 is 0. The number of nitrogens with one attached hydrogen (secondary N) is 1. The van der Waals surface area contributed by atoms with Gasteiger partial charge in [-0.25, -0.2) is 10.8 Å². The number of amides is 1. The normalized spacial score (nSPS) is 19.9. The highest BCUT2D eigenvalue weighted by molar-refractivity contribution is 5.92. The molecule has 1 fully saturated rings. The van der Waals surface area contributed by atoms with Crippen molar-refractivity contribution >= 4 is 11.7 Å². The zero-order chi connectivity index (χ0) is 11.5. The van der Waals surface area contributed by atoms with Gasteiger partial charge in [0, 0.05) is 13.1 Å². The predicted molar refractivity (Wildman–Crippen MR) is 58.6 cm³/mol. The highest BCUT2D eigenvalue weighted by Crippen LogP contribution is 2.13. The second-order valence-electron chi connectivity index (χ2n) is 3.75. The minimum absolute atomic E-state index is 0.173. The number of hydrazine groups is 1. The molecule has 16 heavy (non-hydrogen) atoms. The van der Waals surface area contributed by atoms with Gasteiger partial charge in [0.25, 0.3) is 5.91 Å². The van der Waals surface area contributed by atoms with Gasteiger partial charge in [-0.3, -0.25) is 4.79 Å². The third kappa shape index (κ3) is 2.12. The summed E-state index contributed by atoms with van der Waals surface area (Å²) >= 11 is 0. The third-order valence-corrected chi connectivity index (χ3v) is 2.57. The van der Waals surface area contributed by atoms with E-state index in [1.54, 1.807) is 23.1 Å². The number of aromatic nitrogens is 1. The van der Waals surface area contributed by atoms with Crippen molar-refractivity contribution in [3.63, 3.8) is 0 Å². The standard InChI is InChI=1S/C10H14N4O2/c11-13-9-3-1-2-8(12-9)10(16)14-5-4-7(15)6-14/h1-3,7,15H,4-6,11H2,(H,12,13). The number of rotatable bonds is 2.